The van der Waals surface area contributed by atoms with Gasteiger partial charge in [-0.25, -0.2) is 0 Å². The molecular weight excluding hydrogens is 164 g/mol. The first-order chi connectivity index (χ1) is 6.38. The van der Waals surface area contributed by atoms with E-state index >= 15 is 0 Å². The lowest BCUT2D eigenvalue weighted by molar-refractivity contribution is 0.173. The van der Waals surface area contributed by atoms with E-state index < -0.39 is 0 Å². The van der Waals surface area contributed by atoms with Gasteiger partial charge in [-0.3, -0.25) is 0 Å². The zero-order chi connectivity index (χ0) is 9.10. The Morgan fingerprint density at radius 1 is 1.31 bits per heavy atom. The number of hydrogen-bond acceptors (Lipinski definition) is 3. The average molecular weight is 176 g/mol. The average Bonchev–Trinajstić information content (AvgIpc) is 2.71. The molecule has 0 aromatic heterocycles. The van der Waals surface area contributed by atoms with Gasteiger partial charge in [-0.15, -0.1) is 0 Å². The minimum Gasteiger partial charge on any atom is -0.395 e. The van der Waals surface area contributed by atoms with Gasteiger partial charge in [0.25, 0.3) is 0 Å². The molecule has 0 saturated heterocycles. The lowest BCUT2D eigenvalue weighted by atomic mass is 10.0. The molecular formula is C10H12N2O. The van der Waals surface area contributed by atoms with Gasteiger partial charge in [0.05, 0.1) is 11.8 Å². The molecule has 0 spiro atoms. The van der Waals surface area contributed by atoms with Crippen LogP contribution in [0, 0.1) is 0 Å². The molecule has 2 N–H and O–H groups in total. The third kappa shape index (κ3) is 1.70. The fourth-order valence-electron chi connectivity index (χ4n) is 1.39. The minimum atomic E-state index is -0.108. The summed E-state index contributed by atoms with van der Waals surface area (Å²) < 4.78 is 0. The van der Waals surface area contributed by atoms with Crippen molar-refractivity contribution in [3.05, 3.63) is 35.9 Å². The number of nitrogens with two attached hydrogens (primary N) is 1. The summed E-state index contributed by atoms with van der Waals surface area (Å²) in [5.41, 5.74) is 8.02. The van der Waals surface area contributed by atoms with Crippen LogP contribution in [0.15, 0.2) is 35.5 Å². The molecule has 13 heavy (non-hydrogen) atoms. The third-order valence-electron chi connectivity index (χ3n) is 2.15. The molecule has 1 aliphatic rings. The van der Waals surface area contributed by atoms with Gasteiger partial charge >= 0.3 is 0 Å². The Bertz CT molecular complexity index is 308. The summed E-state index contributed by atoms with van der Waals surface area (Å²) in [7, 11) is 0. The first kappa shape index (κ1) is 8.26. The molecule has 68 valence electrons. The largest absolute Gasteiger partial charge is 0.395 e. The number of hydrogen-bond donors (Lipinski definition) is 1. The highest BCUT2D eigenvalue weighted by Gasteiger charge is 2.17. The molecule has 0 fully saturated rings. The molecule has 1 atom stereocenters. The molecule has 1 aromatic rings. The number of rotatable bonds is 2. The van der Waals surface area contributed by atoms with Crippen molar-refractivity contribution < 1.29 is 4.84 Å². The van der Waals surface area contributed by atoms with Crippen LogP contribution in [0.2, 0.25) is 0 Å². The first-order valence-corrected chi connectivity index (χ1v) is 4.37. The fraction of sp³-hybridized carbons (Fsp3) is 0.300. The fourth-order valence-corrected chi connectivity index (χ4v) is 1.39. The highest BCUT2D eigenvalue weighted by Crippen LogP contribution is 2.16. The lowest BCUT2D eigenvalue weighted by Gasteiger charge is -2.09. The number of benzene rings is 1. The zero-order valence-electron chi connectivity index (χ0n) is 7.31. The normalized spacial score (nSPS) is 17.8. The molecule has 1 aromatic carbocycles. The Kier molecular flexibility index (Phi) is 2.27. The predicted octanol–water partition coefficient (Wildman–Crippen LogP) is 1.46. The molecule has 0 saturated carbocycles. The Morgan fingerprint density at radius 3 is 2.69 bits per heavy atom. The Morgan fingerprint density at radius 2 is 2.08 bits per heavy atom. The Labute approximate surface area is 77.2 Å². The van der Waals surface area contributed by atoms with E-state index in [1.807, 2.05) is 30.3 Å². The van der Waals surface area contributed by atoms with Gasteiger partial charge in [-0.2, -0.15) is 0 Å². The topological polar surface area (TPSA) is 47.6 Å². The SMILES string of the molecule is N[C@@H](C1=NOCC1)c1ccccc1. The van der Waals surface area contributed by atoms with E-state index in [-0.39, 0.29) is 6.04 Å². The van der Waals surface area contributed by atoms with Crippen LogP contribution in [0.4, 0.5) is 0 Å². The van der Waals surface area contributed by atoms with Gasteiger partial charge in [-0.05, 0) is 5.56 Å². The smallest absolute Gasteiger partial charge is 0.122 e. The molecule has 3 nitrogen and oxygen atoms in total. The van der Waals surface area contributed by atoms with Gasteiger partial charge in [-0.1, -0.05) is 35.5 Å². The summed E-state index contributed by atoms with van der Waals surface area (Å²) in [6, 6.07) is 9.83. The first-order valence-electron chi connectivity index (χ1n) is 4.37. The van der Waals surface area contributed by atoms with Crippen molar-refractivity contribution in [1.82, 2.24) is 0 Å². The number of oxime groups is 1. The van der Waals surface area contributed by atoms with Crippen molar-refractivity contribution in [3.63, 3.8) is 0 Å². The van der Waals surface area contributed by atoms with Crippen LogP contribution in [-0.2, 0) is 4.84 Å². The second-order valence-corrected chi connectivity index (χ2v) is 3.05. The van der Waals surface area contributed by atoms with Gasteiger partial charge in [0.1, 0.15) is 6.61 Å². The van der Waals surface area contributed by atoms with Crippen molar-refractivity contribution in [2.24, 2.45) is 10.9 Å². The van der Waals surface area contributed by atoms with Crippen molar-refractivity contribution in [2.45, 2.75) is 12.5 Å². The maximum absolute atomic E-state index is 5.99. The van der Waals surface area contributed by atoms with Crippen LogP contribution in [0.5, 0.6) is 0 Å². The Hall–Kier alpha value is -1.35. The maximum atomic E-state index is 5.99. The van der Waals surface area contributed by atoms with E-state index in [9.17, 15) is 0 Å². The van der Waals surface area contributed by atoms with E-state index in [1.165, 1.54) is 0 Å². The van der Waals surface area contributed by atoms with Crippen molar-refractivity contribution in [2.75, 3.05) is 6.61 Å². The third-order valence-corrected chi connectivity index (χ3v) is 2.15. The van der Waals surface area contributed by atoms with E-state index in [2.05, 4.69) is 5.16 Å². The standard InChI is InChI=1S/C10H12N2O/c11-10(9-6-7-13-12-9)8-4-2-1-3-5-8/h1-5,10H,6-7,11H2/t10-/m1/s1. The summed E-state index contributed by atoms with van der Waals surface area (Å²) in [6.07, 6.45) is 0.843. The molecule has 0 radical (unpaired) electrons. The lowest BCUT2D eigenvalue weighted by Crippen LogP contribution is -2.19. The summed E-state index contributed by atoms with van der Waals surface area (Å²) in [5.74, 6) is 0. The second kappa shape index (κ2) is 3.58. The predicted molar refractivity (Wildman–Crippen MR) is 51.4 cm³/mol. The van der Waals surface area contributed by atoms with E-state index in [0.29, 0.717) is 6.61 Å². The number of nitrogens with zero attached hydrogens (tertiary/aromatic N) is 1. The van der Waals surface area contributed by atoms with Gasteiger partial charge < -0.3 is 10.6 Å². The second-order valence-electron chi connectivity index (χ2n) is 3.05. The molecule has 1 aliphatic heterocycles. The van der Waals surface area contributed by atoms with Crippen LogP contribution >= 0.6 is 0 Å². The van der Waals surface area contributed by atoms with Gasteiger partial charge in [0.15, 0.2) is 0 Å². The van der Waals surface area contributed by atoms with Crippen LogP contribution in [0.25, 0.3) is 0 Å². The molecule has 1 heterocycles. The van der Waals surface area contributed by atoms with Crippen molar-refractivity contribution >= 4 is 5.71 Å². The highest BCUT2D eigenvalue weighted by atomic mass is 16.6. The molecule has 0 bridgehead atoms. The van der Waals surface area contributed by atoms with Gasteiger partial charge in [0.2, 0.25) is 0 Å². The summed E-state index contributed by atoms with van der Waals surface area (Å²) in [4.78, 5) is 4.91. The minimum absolute atomic E-state index is 0.108. The van der Waals surface area contributed by atoms with Gasteiger partial charge in [0, 0.05) is 6.42 Å². The monoisotopic (exact) mass is 176 g/mol. The van der Waals surface area contributed by atoms with E-state index in [1.54, 1.807) is 0 Å². The zero-order valence-corrected chi connectivity index (χ0v) is 7.31. The van der Waals surface area contributed by atoms with Crippen LogP contribution < -0.4 is 5.73 Å². The van der Waals surface area contributed by atoms with Crippen molar-refractivity contribution in [3.8, 4) is 0 Å². The molecule has 0 aliphatic carbocycles. The van der Waals surface area contributed by atoms with Crippen LogP contribution in [0.1, 0.15) is 18.0 Å². The van der Waals surface area contributed by atoms with Crippen molar-refractivity contribution in [1.29, 1.82) is 0 Å². The molecule has 0 unspecified atom stereocenters. The maximum Gasteiger partial charge on any atom is 0.122 e. The van der Waals surface area contributed by atoms with Crippen LogP contribution in [-0.4, -0.2) is 12.3 Å². The summed E-state index contributed by atoms with van der Waals surface area (Å²) in [5, 5.41) is 3.90. The summed E-state index contributed by atoms with van der Waals surface area (Å²) in [6.45, 7) is 0.663. The van der Waals surface area contributed by atoms with Crippen LogP contribution in [0.3, 0.4) is 0 Å². The quantitative estimate of drug-likeness (QED) is 0.741. The molecule has 3 heteroatoms. The highest BCUT2D eigenvalue weighted by molar-refractivity contribution is 5.90. The molecule has 2 rings (SSSR count). The van der Waals surface area contributed by atoms with E-state index in [0.717, 1.165) is 17.7 Å². The Balaban J connectivity index is 2.17. The summed E-state index contributed by atoms with van der Waals surface area (Å²) >= 11 is 0. The van der Waals surface area contributed by atoms with E-state index in [4.69, 9.17) is 10.6 Å². The molecule has 0 amide bonds.